The number of nitrogens with zero attached hydrogens (tertiary/aromatic N) is 2. The van der Waals surface area contributed by atoms with Crippen LogP contribution in [0.1, 0.15) is 42.5 Å². The molecule has 0 spiro atoms. The van der Waals surface area contributed by atoms with Crippen molar-refractivity contribution in [1.82, 2.24) is 9.97 Å². The molecule has 0 saturated heterocycles. The number of hydrogen-bond donors (Lipinski definition) is 1. The number of ether oxygens (including phenoxy) is 1. The van der Waals surface area contributed by atoms with Gasteiger partial charge in [0.15, 0.2) is 5.82 Å². The van der Waals surface area contributed by atoms with Crippen LogP contribution in [0, 0.1) is 13.8 Å². The molecule has 4 heteroatoms. The first kappa shape index (κ1) is 14.1. The van der Waals surface area contributed by atoms with Crippen molar-refractivity contribution in [2.45, 2.75) is 46.6 Å². The molecular weight excluding hydrogens is 214 g/mol. The SMILES string of the molecule is CCCOCc1nc(C)c(CCCN)c(C)n1. The summed E-state index contributed by atoms with van der Waals surface area (Å²) in [4.78, 5) is 8.96. The Morgan fingerprint density at radius 1 is 1.18 bits per heavy atom. The molecule has 0 aromatic carbocycles. The van der Waals surface area contributed by atoms with Crippen LogP contribution in [-0.4, -0.2) is 23.1 Å². The third kappa shape index (κ3) is 4.40. The maximum atomic E-state index is 5.53. The van der Waals surface area contributed by atoms with Crippen molar-refractivity contribution in [3.8, 4) is 0 Å². The molecule has 17 heavy (non-hydrogen) atoms. The Hall–Kier alpha value is -1.00. The van der Waals surface area contributed by atoms with Gasteiger partial charge in [-0.15, -0.1) is 0 Å². The van der Waals surface area contributed by atoms with Gasteiger partial charge in [0.2, 0.25) is 0 Å². The van der Waals surface area contributed by atoms with Gasteiger partial charge >= 0.3 is 0 Å². The maximum Gasteiger partial charge on any atom is 0.154 e. The first-order chi connectivity index (χ1) is 8.19. The topological polar surface area (TPSA) is 61.0 Å². The van der Waals surface area contributed by atoms with Crippen LogP contribution in [-0.2, 0) is 17.8 Å². The highest BCUT2D eigenvalue weighted by molar-refractivity contribution is 5.24. The number of aryl methyl sites for hydroxylation is 2. The van der Waals surface area contributed by atoms with E-state index in [9.17, 15) is 0 Å². The van der Waals surface area contributed by atoms with Gasteiger partial charge in [0.05, 0.1) is 0 Å². The van der Waals surface area contributed by atoms with Gasteiger partial charge in [-0.3, -0.25) is 0 Å². The predicted octanol–water partition coefficient (Wildman–Crippen LogP) is 1.91. The van der Waals surface area contributed by atoms with E-state index in [1.165, 1.54) is 5.56 Å². The Morgan fingerprint density at radius 2 is 1.82 bits per heavy atom. The molecule has 1 rings (SSSR count). The van der Waals surface area contributed by atoms with Crippen molar-refractivity contribution in [3.63, 3.8) is 0 Å². The fraction of sp³-hybridized carbons (Fsp3) is 0.692. The minimum Gasteiger partial charge on any atom is -0.373 e. The van der Waals surface area contributed by atoms with Crippen molar-refractivity contribution < 1.29 is 4.74 Å². The molecule has 0 atom stereocenters. The molecule has 0 aliphatic carbocycles. The van der Waals surface area contributed by atoms with Crippen molar-refractivity contribution in [2.24, 2.45) is 5.73 Å². The minimum absolute atomic E-state index is 0.507. The van der Waals surface area contributed by atoms with Gasteiger partial charge in [0.25, 0.3) is 0 Å². The molecule has 0 saturated carbocycles. The summed E-state index contributed by atoms with van der Waals surface area (Å²) in [5.41, 5.74) is 8.87. The largest absolute Gasteiger partial charge is 0.373 e. The van der Waals surface area contributed by atoms with E-state index in [2.05, 4.69) is 16.9 Å². The molecule has 1 aromatic heterocycles. The molecule has 4 nitrogen and oxygen atoms in total. The molecule has 0 radical (unpaired) electrons. The van der Waals surface area contributed by atoms with Crippen LogP contribution in [0.5, 0.6) is 0 Å². The molecule has 1 heterocycles. The number of hydrogen-bond acceptors (Lipinski definition) is 4. The normalized spacial score (nSPS) is 10.8. The molecule has 96 valence electrons. The maximum absolute atomic E-state index is 5.53. The zero-order valence-corrected chi connectivity index (χ0v) is 11.1. The molecule has 2 N–H and O–H groups in total. The molecule has 0 fully saturated rings. The van der Waals surface area contributed by atoms with E-state index in [0.717, 1.165) is 43.1 Å². The second-order valence-corrected chi connectivity index (χ2v) is 4.23. The van der Waals surface area contributed by atoms with Crippen molar-refractivity contribution in [1.29, 1.82) is 0 Å². The zero-order valence-electron chi connectivity index (χ0n) is 11.1. The second kappa shape index (κ2) is 7.35. The third-order valence-electron chi connectivity index (χ3n) is 2.68. The van der Waals surface area contributed by atoms with Gasteiger partial charge in [0, 0.05) is 18.0 Å². The molecule has 1 aromatic rings. The van der Waals surface area contributed by atoms with Gasteiger partial charge in [0.1, 0.15) is 6.61 Å². The Balaban J connectivity index is 2.71. The van der Waals surface area contributed by atoms with Gasteiger partial charge in [-0.25, -0.2) is 9.97 Å². The monoisotopic (exact) mass is 237 g/mol. The van der Waals surface area contributed by atoms with E-state index >= 15 is 0 Å². The highest BCUT2D eigenvalue weighted by Gasteiger charge is 2.08. The second-order valence-electron chi connectivity index (χ2n) is 4.23. The lowest BCUT2D eigenvalue weighted by atomic mass is 10.1. The molecule has 0 unspecified atom stereocenters. The van der Waals surface area contributed by atoms with Gasteiger partial charge in [-0.2, -0.15) is 0 Å². The van der Waals surface area contributed by atoms with Crippen molar-refractivity contribution in [2.75, 3.05) is 13.2 Å². The van der Waals surface area contributed by atoms with E-state index in [-0.39, 0.29) is 0 Å². The Bertz CT molecular complexity index is 330. The Morgan fingerprint density at radius 3 is 2.35 bits per heavy atom. The van der Waals surface area contributed by atoms with E-state index in [1.54, 1.807) is 0 Å². The van der Waals surface area contributed by atoms with Crippen molar-refractivity contribution >= 4 is 0 Å². The summed E-state index contributed by atoms with van der Waals surface area (Å²) in [6.07, 6.45) is 2.97. The van der Waals surface area contributed by atoms with Gasteiger partial charge in [-0.05, 0) is 45.2 Å². The smallest absolute Gasteiger partial charge is 0.154 e. The predicted molar refractivity (Wildman–Crippen MR) is 68.8 cm³/mol. The molecule has 0 aliphatic heterocycles. The molecule has 0 amide bonds. The van der Waals surface area contributed by atoms with Gasteiger partial charge < -0.3 is 10.5 Å². The van der Waals surface area contributed by atoms with E-state index in [0.29, 0.717) is 13.2 Å². The zero-order chi connectivity index (χ0) is 12.7. The summed E-state index contributed by atoms with van der Waals surface area (Å²) in [5, 5.41) is 0. The first-order valence-corrected chi connectivity index (χ1v) is 6.29. The Kier molecular flexibility index (Phi) is 6.08. The summed E-state index contributed by atoms with van der Waals surface area (Å²) in [6.45, 7) is 8.13. The lowest BCUT2D eigenvalue weighted by Gasteiger charge is -2.10. The fourth-order valence-electron chi connectivity index (χ4n) is 1.82. The van der Waals surface area contributed by atoms with E-state index in [4.69, 9.17) is 10.5 Å². The summed E-state index contributed by atoms with van der Waals surface area (Å²) >= 11 is 0. The van der Waals surface area contributed by atoms with Crippen LogP contribution in [0.15, 0.2) is 0 Å². The average Bonchev–Trinajstić information content (AvgIpc) is 2.28. The molecule has 0 bridgehead atoms. The van der Waals surface area contributed by atoms with Crippen LogP contribution >= 0.6 is 0 Å². The average molecular weight is 237 g/mol. The molecular formula is C13H23N3O. The lowest BCUT2D eigenvalue weighted by Crippen LogP contribution is -2.09. The van der Waals surface area contributed by atoms with Crippen LogP contribution in [0.4, 0.5) is 0 Å². The van der Waals surface area contributed by atoms with Crippen LogP contribution < -0.4 is 5.73 Å². The Labute approximate surface area is 104 Å². The lowest BCUT2D eigenvalue weighted by molar-refractivity contribution is 0.116. The fourth-order valence-corrected chi connectivity index (χ4v) is 1.82. The van der Waals surface area contributed by atoms with E-state index < -0.39 is 0 Å². The van der Waals surface area contributed by atoms with Crippen LogP contribution in [0.25, 0.3) is 0 Å². The highest BCUT2D eigenvalue weighted by atomic mass is 16.5. The third-order valence-corrected chi connectivity index (χ3v) is 2.68. The summed E-state index contributed by atoms with van der Waals surface area (Å²) in [5.74, 6) is 0.782. The number of nitrogens with two attached hydrogens (primary N) is 1. The highest BCUT2D eigenvalue weighted by Crippen LogP contribution is 2.12. The number of rotatable bonds is 7. The molecule has 0 aliphatic rings. The standard InChI is InChI=1S/C13H23N3O/c1-4-8-17-9-13-15-10(2)12(6-5-7-14)11(3)16-13/h4-9,14H2,1-3H3. The minimum atomic E-state index is 0.507. The first-order valence-electron chi connectivity index (χ1n) is 6.29. The quantitative estimate of drug-likeness (QED) is 0.736. The van der Waals surface area contributed by atoms with E-state index in [1.807, 2.05) is 13.8 Å². The summed E-state index contributed by atoms with van der Waals surface area (Å²) in [6, 6.07) is 0. The van der Waals surface area contributed by atoms with Crippen LogP contribution in [0.3, 0.4) is 0 Å². The summed E-state index contributed by atoms with van der Waals surface area (Å²) in [7, 11) is 0. The summed E-state index contributed by atoms with van der Waals surface area (Å²) < 4.78 is 5.45. The van der Waals surface area contributed by atoms with Gasteiger partial charge in [-0.1, -0.05) is 6.92 Å². The van der Waals surface area contributed by atoms with Crippen molar-refractivity contribution in [3.05, 3.63) is 22.8 Å². The van der Waals surface area contributed by atoms with Crippen LogP contribution in [0.2, 0.25) is 0 Å². The number of aromatic nitrogens is 2.